The lowest BCUT2D eigenvalue weighted by Gasteiger charge is -2.05. The van der Waals surface area contributed by atoms with E-state index in [9.17, 15) is 9.59 Å². The van der Waals surface area contributed by atoms with E-state index in [1.807, 2.05) is 12.1 Å². The van der Waals surface area contributed by atoms with Gasteiger partial charge in [0, 0.05) is 9.79 Å². The number of hydrogen-bond donors (Lipinski definition) is 0. The molecule has 1 aromatic rings. The molecule has 0 unspecified atom stereocenters. The van der Waals surface area contributed by atoms with Crippen molar-refractivity contribution in [3.63, 3.8) is 0 Å². The number of hydrogen-bond acceptors (Lipinski definition) is 8. The lowest BCUT2D eigenvalue weighted by atomic mass is 10.4. The average molecular weight is 554 g/mol. The largest absolute Gasteiger partial charge is 0.465 e. The van der Waals surface area contributed by atoms with Gasteiger partial charge in [0.1, 0.15) is 9.81 Å². The summed E-state index contributed by atoms with van der Waals surface area (Å²) in [5.74, 6) is -1.11. The van der Waals surface area contributed by atoms with Crippen molar-refractivity contribution in [3.05, 3.63) is 51.5 Å². The number of rotatable bonds is 3. The maximum atomic E-state index is 12.0. The lowest BCUT2D eigenvalue weighted by molar-refractivity contribution is -0.138. The number of halogens is 2. The first-order chi connectivity index (χ1) is 12.5. The zero-order valence-electron chi connectivity index (χ0n) is 13.3. The molecule has 2 aliphatic rings. The SMILES string of the molecule is COC(=O)C1=C(C(=O)OC)SC(=C(Br)C(Br)=C2Sc3ccccc3S2)S1. The molecule has 3 rings (SSSR count). The highest BCUT2D eigenvalue weighted by molar-refractivity contribution is 9.15. The van der Waals surface area contributed by atoms with Crippen LogP contribution in [-0.2, 0) is 19.1 Å². The monoisotopic (exact) mass is 552 g/mol. The average Bonchev–Trinajstić information content (AvgIpc) is 3.29. The summed E-state index contributed by atoms with van der Waals surface area (Å²) in [6.45, 7) is 0. The van der Waals surface area contributed by atoms with E-state index in [4.69, 9.17) is 9.47 Å². The van der Waals surface area contributed by atoms with Crippen LogP contribution in [0.5, 0.6) is 0 Å². The molecule has 0 spiro atoms. The van der Waals surface area contributed by atoms with Gasteiger partial charge in [-0.1, -0.05) is 59.2 Å². The number of allylic oxidation sites excluding steroid dienone is 2. The third kappa shape index (κ3) is 4.10. The van der Waals surface area contributed by atoms with E-state index in [0.717, 1.165) is 17.4 Å². The van der Waals surface area contributed by atoms with Crippen molar-refractivity contribution in [2.45, 2.75) is 9.79 Å². The van der Waals surface area contributed by atoms with Crippen molar-refractivity contribution < 1.29 is 19.1 Å². The van der Waals surface area contributed by atoms with Crippen LogP contribution in [0.3, 0.4) is 0 Å². The predicted molar refractivity (Wildman–Crippen MR) is 116 cm³/mol. The molecule has 0 radical (unpaired) electrons. The number of carbonyl (C=O) groups excluding carboxylic acids is 2. The second kappa shape index (κ2) is 8.83. The normalized spacial score (nSPS) is 15.8. The second-order valence-corrected chi connectivity index (χ2v) is 10.9. The van der Waals surface area contributed by atoms with Gasteiger partial charge >= 0.3 is 11.9 Å². The van der Waals surface area contributed by atoms with Gasteiger partial charge in [-0.05, 0) is 44.0 Å². The van der Waals surface area contributed by atoms with Crippen LogP contribution in [0.4, 0.5) is 0 Å². The summed E-state index contributed by atoms with van der Waals surface area (Å²) >= 11 is 13.0. The van der Waals surface area contributed by atoms with Crippen LogP contribution in [0.1, 0.15) is 0 Å². The number of thioether (sulfide) groups is 4. The van der Waals surface area contributed by atoms with Gasteiger partial charge in [0.15, 0.2) is 0 Å². The Kier molecular flexibility index (Phi) is 6.95. The summed E-state index contributed by atoms with van der Waals surface area (Å²) in [6.07, 6.45) is 0. The van der Waals surface area contributed by atoms with Gasteiger partial charge in [-0.15, -0.1) is 0 Å². The zero-order valence-corrected chi connectivity index (χ0v) is 19.8. The highest BCUT2D eigenvalue weighted by atomic mass is 79.9. The maximum absolute atomic E-state index is 12.0. The highest BCUT2D eigenvalue weighted by Crippen LogP contribution is 2.58. The Balaban J connectivity index is 1.91. The number of methoxy groups -OCH3 is 2. The minimum atomic E-state index is -0.556. The Hall–Kier alpha value is -0.260. The Morgan fingerprint density at radius 2 is 1.15 bits per heavy atom. The van der Waals surface area contributed by atoms with Crippen molar-refractivity contribution in [1.82, 2.24) is 0 Å². The summed E-state index contributed by atoms with van der Waals surface area (Å²) < 4.78 is 13.1. The molecule has 0 aromatic heterocycles. The standard InChI is InChI=1S/C16H10Br2O4S4/c1-21-13(19)11-12(14(20)22-2)26-16(25-11)10(18)9(17)15-23-7-5-3-4-6-8(7)24-15/h3-6H,1-2H3. The van der Waals surface area contributed by atoms with Gasteiger partial charge in [-0.3, -0.25) is 0 Å². The topological polar surface area (TPSA) is 52.6 Å². The number of carbonyl (C=O) groups is 2. The summed E-state index contributed by atoms with van der Waals surface area (Å²) in [4.78, 5) is 26.9. The summed E-state index contributed by atoms with van der Waals surface area (Å²) in [5, 5.41) is 0. The first kappa shape index (κ1) is 20.5. The van der Waals surface area contributed by atoms with Gasteiger partial charge in [0.25, 0.3) is 0 Å². The van der Waals surface area contributed by atoms with Gasteiger partial charge < -0.3 is 9.47 Å². The molecule has 4 nitrogen and oxygen atoms in total. The molecule has 0 saturated carbocycles. The van der Waals surface area contributed by atoms with Crippen molar-refractivity contribution in [3.8, 4) is 0 Å². The molecule has 0 fully saturated rings. The number of benzene rings is 1. The Morgan fingerprint density at radius 3 is 1.54 bits per heavy atom. The first-order valence-corrected chi connectivity index (χ1v) is 11.8. The van der Waals surface area contributed by atoms with Crippen LogP contribution >= 0.6 is 78.9 Å². The summed E-state index contributed by atoms with van der Waals surface area (Å²) in [6, 6.07) is 8.17. The molecule has 10 heteroatoms. The molecule has 0 saturated heterocycles. The molecular formula is C16H10Br2O4S4. The molecule has 0 N–H and O–H groups in total. The minimum absolute atomic E-state index is 0.233. The minimum Gasteiger partial charge on any atom is -0.465 e. The highest BCUT2D eigenvalue weighted by Gasteiger charge is 2.34. The molecule has 1 aromatic carbocycles. The third-order valence-electron chi connectivity index (χ3n) is 3.14. The van der Waals surface area contributed by atoms with Crippen molar-refractivity contribution >= 4 is 90.8 Å². The molecule has 0 bridgehead atoms. The third-order valence-corrected chi connectivity index (χ3v) is 11.4. The molecule has 2 aliphatic heterocycles. The maximum Gasteiger partial charge on any atom is 0.346 e. The van der Waals surface area contributed by atoms with Crippen LogP contribution in [-0.4, -0.2) is 26.2 Å². The molecule has 2 heterocycles. The number of ether oxygens (including phenoxy) is 2. The van der Waals surface area contributed by atoms with Crippen LogP contribution in [0.25, 0.3) is 0 Å². The van der Waals surface area contributed by atoms with E-state index in [2.05, 4.69) is 44.0 Å². The fourth-order valence-electron chi connectivity index (χ4n) is 1.95. The molecule has 26 heavy (non-hydrogen) atoms. The van der Waals surface area contributed by atoms with E-state index >= 15 is 0 Å². The van der Waals surface area contributed by atoms with Gasteiger partial charge in [-0.25, -0.2) is 9.59 Å². The summed E-state index contributed by atoms with van der Waals surface area (Å²) in [5.41, 5.74) is 0. The van der Waals surface area contributed by atoms with E-state index < -0.39 is 11.9 Å². The first-order valence-electron chi connectivity index (χ1n) is 6.97. The molecule has 0 amide bonds. The smallest absolute Gasteiger partial charge is 0.346 e. The zero-order chi connectivity index (χ0) is 18.8. The van der Waals surface area contributed by atoms with Gasteiger partial charge in [0.05, 0.1) is 31.7 Å². The molecular weight excluding hydrogens is 544 g/mol. The van der Waals surface area contributed by atoms with E-state index in [0.29, 0.717) is 0 Å². The molecule has 0 aliphatic carbocycles. The quantitative estimate of drug-likeness (QED) is 0.419. The van der Waals surface area contributed by atoms with E-state index in [1.165, 1.54) is 47.5 Å². The summed E-state index contributed by atoms with van der Waals surface area (Å²) in [7, 11) is 2.57. The number of fused-ring (bicyclic) bond motifs is 1. The van der Waals surface area contributed by atoms with Crippen LogP contribution < -0.4 is 0 Å². The van der Waals surface area contributed by atoms with E-state index in [-0.39, 0.29) is 9.81 Å². The second-order valence-electron chi connectivity index (χ2n) is 4.70. The number of esters is 2. The van der Waals surface area contributed by atoms with Crippen LogP contribution in [0.15, 0.2) is 61.3 Å². The van der Waals surface area contributed by atoms with Crippen molar-refractivity contribution in [2.75, 3.05) is 14.2 Å². The Morgan fingerprint density at radius 1 is 0.769 bits per heavy atom. The Bertz CT molecular complexity index is 835. The predicted octanol–water partition coefficient (Wildman–Crippen LogP) is 6.05. The van der Waals surface area contributed by atoms with Crippen molar-refractivity contribution in [2.24, 2.45) is 0 Å². The van der Waals surface area contributed by atoms with E-state index in [1.54, 1.807) is 23.5 Å². The molecule has 136 valence electrons. The van der Waals surface area contributed by atoms with Crippen LogP contribution in [0.2, 0.25) is 0 Å². The van der Waals surface area contributed by atoms with Gasteiger partial charge in [0.2, 0.25) is 0 Å². The Labute approximate surface area is 184 Å². The fraction of sp³-hybridized carbons (Fsp3) is 0.125. The fourth-order valence-corrected chi connectivity index (χ4v) is 8.57. The van der Waals surface area contributed by atoms with Crippen molar-refractivity contribution in [1.29, 1.82) is 0 Å². The lowest BCUT2D eigenvalue weighted by Crippen LogP contribution is -2.08. The van der Waals surface area contributed by atoms with Crippen LogP contribution in [0, 0.1) is 0 Å². The van der Waals surface area contributed by atoms with Gasteiger partial charge in [-0.2, -0.15) is 0 Å². The molecule has 0 atom stereocenters.